The molecule has 0 radical (unpaired) electrons. The van der Waals surface area contributed by atoms with Gasteiger partial charge in [0, 0.05) is 29.7 Å². The van der Waals surface area contributed by atoms with Gasteiger partial charge in [0.25, 0.3) is 0 Å². The first-order valence-electron chi connectivity index (χ1n) is 9.51. The number of hydrogen-bond acceptors (Lipinski definition) is 7. The summed E-state index contributed by atoms with van der Waals surface area (Å²) in [6, 6.07) is 7.95. The Kier molecular flexibility index (Phi) is 5.04. The minimum atomic E-state index is -3.85. The molecule has 2 aliphatic rings. The highest BCUT2D eigenvalue weighted by molar-refractivity contribution is 7.89. The quantitative estimate of drug-likeness (QED) is 0.557. The number of halogens is 2. The van der Waals surface area contributed by atoms with E-state index in [1.165, 1.54) is 16.4 Å². The van der Waals surface area contributed by atoms with Crippen molar-refractivity contribution in [3.05, 3.63) is 45.9 Å². The first-order chi connectivity index (χ1) is 14.9. The molecule has 1 amide bonds. The molecule has 2 aliphatic heterocycles. The van der Waals surface area contributed by atoms with Gasteiger partial charge < -0.3 is 4.74 Å². The van der Waals surface area contributed by atoms with Gasteiger partial charge in [0.1, 0.15) is 11.5 Å². The van der Waals surface area contributed by atoms with Gasteiger partial charge in [0.05, 0.1) is 10.7 Å². The average Bonchev–Trinajstić information content (AvgIpc) is 3.25. The molecule has 31 heavy (non-hydrogen) atoms. The van der Waals surface area contributed by atoms with Gasteiger partial charge >= 0.3 is 6.09 Å². The van der Waals surface area contributed by atoms with Crippen molar-refractivity contribution in [1.82, 2.24) is 14.6 Å². The topological polar surface area (TPSA) is 106 Å². The standard InChI is InChI=1S/C19H16Cl2N4O5S/c20-12-1-3-15-11(9-12)10-29-19(26)25(15)13-5-7-24(8-6-13)31(27,28)16-4-2-14(21)17-18(16)23-30-22-17/h1-4,9,13H,5-8,10H2. The molecule has 9 nitrogen and oxygen atoms in total. The van der Waals surface area contributed by atoms with Crippen LogP contribution in [0.15, 0.2) is 39.9 Å². The maximum atomic E-state index is 13.2. The number of carbonyl (C=O) groups is 1. The van der Waals surface area contributed by atoms with E-state index in [0.29, 0.717) is 17.9 Å². The van der Waals surface area contributed by atoms with Crippen LogP contribution < -0.4 is 4.90 Å². The highest BCUT2D eigenvalue weighted by Gasteiger charge is 2.38. The predicted octanol–water partition coefficient (Wildman–Crippen LogP) is 3.84. The zero-order chi connectivity index (χ0) is 21.8. The van der Waals surface area contributed by atoms with Crippen molar-refractivity contribution in [2.75, 3.05) is 18.0 Å². The average molecular weight is 483 g/mol. The number of fused-ring (bicyclic) bond motifs is 2. The van der Waals surface area contributed by atoms with E-state index in [2.05, 4.69) is 14.9 Å². The van der Waals surface area contributed by atoms with Gasteiger partial charge in [0.2, 0.25) is 10.0 Å². The zero-order valence-electron chi connectivity index (χ0n) is 16.0. The van der Waals surface area contributed by atoms with Crippen molar-refractivity contribution in [1.29, 1.82) is 0 Å². The SMILES string of the molecule is O=C1OCc2cc(Cl)ccc2N1C1CCN(S(=O)(=O)c2ccc(Cl)c3nonc23)CC1. The van der Waals surface area contributed by atoms with Gasteiger partial charge in [-0.15, -0.1) is 0 Å². The van der Waals surface area contributed by atoms with Crippen LogP contribution in [0, 0.1) is 0 Å². The molecular weight excluding hydrogens is 467 g/mol. The highest BCUT2D eigenvalue weighted by atomic mass is 35.5. The van der Waals surface area contributed by atoms with E-state index in [9.17, 15) is 13.2 Å². The van der Waals surface area contributed by atoms with Crippen LogP contribution in [0.25, 0.3) is 11.0 Å². The summed E-state index contributed by atoms with van der Waals surface area (Å²) in [6.07, 6.45) is 0.457. The predicted molar refractivity (Wildman–Crippen MR) is 113 cm³/mol. The van der Waals surface area contributed by atoms with E-state index in [1.54, 1.807) is 23.1 Å². The molecule has 0 saturated carbocycles. The molecule has 3 heterocycles. The van der Waals surface area contributed by atoms with Crippen LogP contribution in [-0.2, 0) is 21.4 Å². The fourth-order valence-electron chi connectivity index (χ4n) is 4.06. The van der Waals surface area contributed by atoms with Crippen LogP contribution in [0.4, 0.5) is 10.5 Å². The van der Waals surface area contributed by atoms with Gasteiger partial charge in [0.15, 0.2) is 11.0 Å². The molecule has 0 atom stereocenters. The summed E-state index contributed by atoms with van der Waals surface area (Å²) in [5, 5.41) is 8.22. The molecule has 3 aromatic rings. The van der Waals surface area contributed by atoms with Crippen LogP contribution in [0.5, 0.6) is 0 Å². The Hall–Kier alpha value is -2.40. The van der Waals surface area contributed by atoms with Gasteiger partial charge in [-0.2, -0.15) is 4.31 Å². The Morgan fingerprint density at radius 2 is 1.77 bits per heavy atom. The number of hydrogen-bond donors (Lipinski definition) is 0. The van der Waals surface area contributed by atoms with Crippen molar-refractivity contribution in [3.8, 4) is 0 Å². The minimum Gasteiger partial charge on any atom is -0.444 e. The van der Waals surface area contributed by atoms with Gasteiger partial charge in [-0.25, -0.2) is 17.8 Å². The second-order valence-corrected chi connectivity index (χ2v) is 10.1. The number of cyclic esters (lactones) is 1. The number of amides is 1. The monoisotopic (exact) mass is 482 g/mol. The molecule has 0 aliphatic carbocycles. The summed E-state index contributed by atoms with van der Waals surface area (Å²) in [4.78, 5) is 14.1. The Balaban J connectivity index is 1.39. The maximum absolute atomic E-state index is 13.2. The number of anilines is 1. The molecule has 0 N–H and O–H groups in total. The van der Waals surface area contributed by atoms with E-state index in [-0.39, 0.29) is 46.7 Å². The molecule has 1 aromatic heterocycles. The smallest absolute Gasteiger partial charge is 0.414 e. The number of rotatable bonds is 3. The van der Waals surface area contributed by atoms with Gasteiger partial charge in [-0.3, -0.25) is 4.90 Å². The third-order valence-corrected chi connectivity index (χ3v) is 8.05. The van der Waals surface area contributed by atoms with E-state index < -0.39 is 16.1 Å². The number of nitrogens with zero attached hydrogens (tertiary/aromatic N) is 4. The summed E-state index contributed by atoms with van der Waals surface area (Å²) in [5.41, 5.74) is 1.86. The summed E-state index contributed by atoms with van der Waals surface area (Å²) in [7, 11) is -3.85. The van der Waals surface area contributed by atoms with Crippen molar-refractivity contribution in [2.24, 2.45) is 0 Å². The lowest BCUT2D eigenvalue weighted by atomic mass is 10.0. The van der Waals surface area contributed by atoms with Crippen molar-refractivity contribution < 1.29 is 22.6 Å². The molecule has 0 bridgehead atoms. The van der Waals surface area contributed by atoms with Crippen molar-refractivity contribution in [3.63, 3.8) is 0 Å². The summed E-state index contributed by atoms with van der Waals surface area (Å²) >= 11 is 12.1. The Labute approximate surface area is 187 Å². The normalized spacial score (nSPS) is 18.3. The van der Waals surface area contributed by atoms with Crippen molar-refractivity contribution in [2.45, 2.75) is 30.4 Å². The molecule has 2 aromatic carbocycles. The number of carbonyl (C=O) groups excluding carboxylic acids is 1. The molecule has 1 saturated heterocycles. The largest absolute Gasteiger partial charge is 0.444 e. The molecule has 0 spiro atoms. The minimum absolute atomic E-state index is 0.0102. The zero-order valence-corrected chi connectivity index (χ0v) is 18.3. The van der Waals surface area contributed by atoms with E-state index in [4.69, 9.17) is 27.9 Å². The fourth-order valence-corrected chi connectivity index (χ4v) is 6.03. The molecular formula is C19H16Cl2N4O5S. The summed E-state index contributed by atoms with van der Waals surface area (Å²) < 4.78 is 37.8. The second kappa shape index (κ2) is 7.63. The molecule has 162 valence electrons. The molecule has 0 unspecified atom stereocenters. The Bertz CT molecular complexity index is 1290. The number of sulfonamides is 1. The lowest BCUT2D eigenvalue weighted by Crippen LogP contribution is -2.50. The van der Waals surface area contributed by atoms with Crippen LogP contribution in [0.2, 0.25) is 10.0 Å². The van der Waals surface area contributed by atoms with Crippen LogP contribution in [0.3, 0.4) is 0 Å². The van der Waals surface area contributed by atoms with Crippen LogP contribution >= 0.6 is 23.2 Å². The second-order valence-electron chi connectivity index (χ2n) is 7.34. The first-order valence-corrected chi connectivity index (χ1v) is 11.7. The lowest BCUT2D eigenvalue weighted by Gasteiger charge is -2.39. The number of piperidine rings is 1. The van der Waals surface area contributed by atoms with Crippen LogP contribution in [0.1, 0.15) is 18.4 Å². The Morgan fingerprint density at radius 3 is 2.55 bits per heavy atom. The summed E-state index contributed by atoms with van der Waals surface area (Å²) in [5.74, 6) is 0. The lowest BCUT2D eigenvalue weighted by molar-refractivity contribution is 0.136. The molecule has 5 rings (SSSR count). The fraction of sp³-hybridized carbons (Fsp3) is 0.316. The first kappa shape index (κ1) is 20.5. The van der Waals surface area contributed by atoms with E-state index in [0.717, 1.165) is 11.3 Å². The third kappa shape index (κ3) is 3.43. The van der Waals surface area contributed by atoms with E-state index >= 15 is 0 Å². The van der Waals surface area contributed by atoms with E-state index in [1.807, 2.05) is 0 Å². The molecule has 1 fully saturated rings. The third-order valence-electron chi connectivity index (χ3n) is 5.58. The van der Waals surface area contributed by atoms with Gasteiger partial charge in [-0.05, 0) is 53.5 Å². The summed E-state index contributed by atoms with van der Waals surface area (Å²) in [6.45, 7) is 0.626. The van der Waals surface area contributed by atoms with Crippen LogP contribution in [-0.4, -0.2) is 48.3 Å². The number of ether oxygens (including phenoxy) is 1. The Morgan fingerprint density at radius 1 is 1.03 bits per heavy atom. The van der Waals surface area contributed by atoms with Crippen molar-refractivity contribution >= 4 is 56.0 Å². The van der Waals surface area contributed by atoms with Gasteiger partial charge in [-0.1, -0.05) is 23.2 Å². The highest BCUT2D eigenvalue weighted by Crippen LogP contribution is 2.35. The maximum Gasteiger partial charge on any atom is 0.414 e. The number of aromatic nitrogens is 2. The molecule has 12 heteroatoms. The number of benzene rings is 2.